The number of carbonyl (C=O) groups excluding carboxylic acids is 3. The number of esters is 1. The predicted octanol–water partition coefficient (Wildman–Crippen LogP) is 3.38. The Kier molecular flexibility index (Phi) is 7.82. The van der Waals surface area contributed by atoms with E-state index in [2.05, 4.69) is 31.4 Å². The molecule has 0 saturated carbocycles. The Morgan fingerprint density at radius 2 is 1.56 bits per heavy atom. The summed E-state index contributed by atoms with van der Waals surface area (Å²) in [4.78, 5) is 34.9. The highest BCUT2D eigenvalue weighted by atomic mass is 16.6. The standard InChI is InChI=1S/C20H30N2O5/c1-19(2,3)14-7-9-15(10-8-14)22-16(23)13-26-17(24)11-12-21-18(25)27-20(4,5)6/h7-10H,11-13H2,1-6H3,(H,21,25)(H,22,23). The van der Waals surface area contributed by atoms with Gasteiger partial charge >= 0.3 is 12.1 Å². The Hall–Kier alpha value is -2.57. The predicted molar refractivity (Wildman–Crippen MR) is 104 cm³/mol. The number of alkyl carbamates (subject to hydrolysis) is 1. The second-order valence-corrected chi connectivity index (χ2v) is 8.21. The van der Waals surface area contributed by atoms with Gasteiger partial charge in [0.2, 0.25) is 0 Å². The highest BCUT2D eigenvalue weighted by Crippen LogP contribution is 2.23. The van der Waals surface area contributed by atoms with Crippen molar-refractivity contribution in [1.82, 2.24) is 5.32 Å². The molecule has 0 unspecified atom stereocenters. The second-order valence-electron chi connectivity index (χ2n) is 8.21. The lowest BCUT2D eigenvalue weighted by molar-refractivity contribution is -0.147. The Bertz CT molecular complexity index is 654. The number of nitrogens with one attached hydrogen (secondary N) is 2. The van der Waals surface area contributed by atoms with Gasteiger partial charge < -0.3 is 20.1 Å². The van der Waals surface area contributed by atoms with Crippen LogP contribution in [0.3, 0.4) is 0 Å². The molecule has 7 heteroatoms. The summed E-state index contributed by atoms with van der Waals surface area (Å²) >= 11 is 0. The summed E-state index contributed by atoms with van der Waals surface area (Å²) < 4.78 is 9.94. The van der Waals surface area contributed by atoms with Crippen molar-refractivity contribution in [2.75, 3.05) is 18.5 Å². The first-order valence-electron chi connectivity index (χ1n) is 8.90. The van der Waals surface area contributed by atoms with Crippen molar-refractivity contribution in [1.29, 1.82) is 0 Å². The third-order valence-corrected chi connectivity index (χ3v) is 3.40. The van der Waals surface area contributed by atoms with Gasteiger partial charge in [0.15, 0.2) is 6.61 Å². The Labute approximate surface area is 160 Å². The Balaban J connectivity index is 2.29. The van der Waals surface area contributed by atoms with Crippen molar-refractivity contribution >= 4 is 23.7 Å². The summed E-state index contributed by atoms with van der Waals surface area (Å²) in [5.74, 6) is -1.00. The average molecular weight is 378 g/mol. The molecule has 0 radical (unpaired) electrons. The van der Waals surface area contributed by atoms with Crippen molar-refractivity contribution in [3.05, 3.63) is 29.8 Å². The molecule has 0 saturated heterocycles. The number of rotatable bonds is 6. The Morgan fingerprint density at radius 1 is 0.963 bits per heavy atom. The van der Waals surface area contributed by atoms with Crippen LogP contribution in [0.5, 0.6) is 0 Å². The molecule has 2 N–H and O–H groups in total. The number of hydrogen-bond donors (Lipinski definition) is 2. The van der Waals surface area contributed by atoms with Crippen LogP contribution in [0.25, 0.3) is 0 Å². The third-order valence-electron chi connectivity index (χ3n) is 3.40. The van der Waals surface area contributed by atoms with Crippen molar-refractivity contribution in [2.24, 2.45) is 0 Å². The van der Waals surface area contributed by atoms with Crippen LogP contribution in [-0.2, 0) is 24.5 Å². The maximum atomic E-state index is 11.9. The molecule has 27 heavy (non-hydrogen) atoms. The van der Waals surface area contributed by atoms with E-state index >= 15 is 0 Å². The van der Waals surface area contributed by atoms with Gasteiger partial charge in [0, 0.05) is 12.2 Å². The molecule has 0 atom stereocenters. The summed E-state index contributed by atoms with van der Waals surface area (Å²) in [6.45, 7) is 11.3. The molecule has 0 aromatic heterocycles. The first-order chi connectivity index (χ1) is 12.4. The topological polar surface area (TPSA) is 93.7 Å². The fourth-order valence-electron chi connectivity index (χ4n) is 2.05. The zero-order valence-corrected chi connectivity index (χ0v) is 17.0. The number of anilines is 1. The summed E-state index contributed by atoms with van der Waals surface area (Å²) in [6, 6.07) is 7.52. The van der Waals surface area contributed by atoms with E-state index in [-0.39, 0.29) is 25.0 Å². The lowest BCUT2D eigenvalue weighted by Crippen LogP contribution is -2.34. The van der Waals surface area contributed by atoms with E-state index in [1.54, 1.807) is 20.8 Å². The van der Waals surface area contributed by atoms with E-state index in [1.165, 1.54) is 0 Å². The molecule has 0 spiro atoms. The molecule has 0 aliphatic carbocycles. The molecule has 0 bridgehead atoms. The van der Waals surface area contributed by atoms with Crippen LogP contribution in [0.4, 0.5) is 10.5 Å². The monoisotopic (exact) mass is 378 g/mol. The van der Waals surface area contributed by atoms with Crippen LogP contribution in [0.1, 0.15) is 53.5 Å². The zero-order valence-electron chi connectivity index (χ0n) is 17.0. The van der Waals surface area contributed by atoms with Gasteiger partial charge in [-0.2, -0.15) is 0 Å². The van der Waals surface area contributed by atoms with E-state index < -0.39 is 23.6 Å². The molecule has 1 aromatic rings. The van der Waals surface area contributed by atoms with Crippen LogP contribution < -0.4 is 10.6 Å². The number of benzene rings is 1. The van der Waals surface area contributed by atoms with E-state index in [0.717, 1.165) is 5.56 Å². The average Bonchev–Trinajstić information content (AvgIpc) is 2.51. The molecule has 0 aliphatic heterocycles. The zero-order chi connectivity index (χ0) is 20.7. The molecule has 0 fully saturated rings. The second kappa shape index (κ2) is 9.39. The minimum Gasteiger partial charge on any atom is -0.456 e. The van der Waals surface area contributed by atoms with Crippen LogP contribution >= 0.6 is 0 Å². The first kappa shape index (κ1) is 22.5. The molecular weight excluding hydrogens is 348 g/mol. The quantitative estimate of drug-likeness (QED) is 0.740. The third kappa shape index (κ3) is 9.63. The van der Waals surface area contributed by atoms with Gasteiger partial charge in [0.25, 0.3) is 5.91 Å². The van der Waals surface area contributed by atoms with Gasteiger partial charge in [-0.05, 0) is 43.9 Å². The summed E-state index contributed by atoms with van der Waals surface area (Å²) in [5.41, 5.74) is 1.22. The number of carbonyl (C=O) groups is 3. The SMILES string of the molecule is CC(C)(C)OC(=O)NCCC(=O)OCC(=O)Nc1ccc(C(C)(C)C)cc1. The van der Waals surface area contributed by atoms with Gasteiger partial charge in [-0.3, -0.25) is 9.59 Å². The van der Waals surface area contributed by atoms with Crippen LogP contribution in [0, 0.1) is 0 Å². The number of amides is 2. The lowest BCUT2D eigenvalue weighted by Gasteiger charge is -2.19. The maximum Gasteiger partial charge on any atom is 0.407 e. The fraction of sp³-hybridized carbons (Fsp3) is 0.550. The molecule has 1 aromatic carbocycles. The fourth-order valence-corrected chi connectivity index (χ4v) is 2.05. The van der Waals surface area contributed by atoms with Crippen LogP contribution in [-0.4, -0.2) is 36.7 Å². The van der Waals surface area contributed by atoms with Gasteiger partial charge in [-0.25, -0.2) is 4.79 Å². The maximum absolute atomic E-state index is 11.9. The lowest BCUT2D eigenvalue weighted by atomic mass is 9.87. The van der Waals surface area contributed by atoms with Gasteiger partial charge in [0.05, 0.1) is 6.42 Å². The molecule has 0 heterocycles. The number of hydrogen-bond acceptors (Lipinski definition) is 5. The molecule has 2 amide bonds. The summed E-state index contributed by atoms with van der Waals surface area (Å²) in [7, 11) is 0. The van der Waals surface area contributed by atoms with Gasteiger partial charge in [-0.15, -0.1) is 0 Å². The van der Waals surface area contributed by atoms with Crippen molar-refractivity contribution in [3.63, 3.8) is 0 Å². The van der Waals surface area contributed by atoms with Crippen molar-refractivity contribution < 1.29 is 23.9 Å². The molecule has 7 nitrogen and oxygen atoms in total. The largest absolute Gasteiger partial charge is 0.456 e. The highest BCUT2D eigenvalue weighted by Gasteiger charge is 2.16. The van der Waals surface area contributed by atoms with E-state index in [0.29, 0.717) is 5.69 Å². The molecule has 1 rings (SSSR count). The first-order valence-corrected chi connectivity index (χ1v) is 8.90. The molecular formula is C20H30N2O5. The minimum absolute atomic E-state index is 0.0331. The van der Waals surface area contributed by atoms with E-state index in [9.17, 15) is 14.4 Å². The number of ether oxygens (including phenoxy) is 2. The molecule has 0 aliphatic rings. The van der Waals surface area contributed by atoms with E-state index in [4.69, 9.17) is 9.47 Å². The normalized spacial score (nSPS) is 11.5. The van der Waals surface area contributed by atoms with Crippen molar-refractivity contribution in [2.45, 2.75) is 59.0 Å². The summed E-state index contributed by atoms with van der Waals surface area (Å²) in [6.07, 6.45) is -0.654. The van der Waals surface area contributed by atoms with E-state index in [1.807, 2.05) is 24.3 Å². The molecule has 150 valence electrons. The van der Waals surface area contributed by atoms with Crippen molar-refractivity contribution in [3.8, 4) is 0 Å². The van der Waals surface area contributed by atoms with Crippen LogP contribution in [0.15, 0.2) is 24.3 Å². The smallest absolute Gasteiger partial charge is 0.407 e. The minimum atomic E-state index is -0.605. The van der Waals surface area contributed by atoms with Gasteiger partial charge in [-0.1, -0.05) is 32.9 Å². The van der Waals surface area contributed by atoms with Gasteiger partial charge in [0.1, 0.15) is 5.60 Å². The Morgan fingerprint density at radius 3 is 2.07 bits per heavy atom. The highest BCUT2D eigenvalue weighted by molar-refractivity contribution is 5.92. The summed E-state index contributed by atoms with van der Waals surface area (Å²) in [5, 5.41) is 5.12. The van der Waals surface area contributed by atoms with Crippen LogP contribution in [0.2, 0.25) is 0 Å².